The molecule has 176 valence electrons. The normalized spacial score (nSPS) is 22.2. The summed E-state index contributed by atoms with van der Waals surface area (Å²) in [6, 6.07) is 7.79. The molecular weight excluding hydrogens is 443 g/mol. The molecule has 0 N–H and O–H groups in total. The summed E-state index contributed by atoms with van der Waals surface area (Å²) in [6.45, 7) is 5.62. The highest BCUT2D eigenvalue weighted by molar-refractivity contribution is 5.78. The van der Waals surface area contributed by atoms with E-state index in [2.05, 4.69) is 12.5 Å². The third-order valence-corrected chi connectivity index (χ3v) is 6.51. The van der Waals surface area contributed by atoms with E-state index in [1.165, 1.54) is 13.2 Å². The summed E-state index contributed by atoms with van der Waals surface area (Å²) in [4.78, 5) is 14.5. The molecule has 0 saturated carbocycles. The van der Waals surface area contributed by atoms with Crippen molar-refractivity contribution in [2.45, 2.75) is 44.1 Å². The van der Waals surface area contributed by atoms with Gasteiger partial charge in [0.15, 0.2) is 0 Å². The SMILES string of the molecule is C#Cc1ccc(OC)c(-c2ccc(C(F)(F)F)cc2C2CCC3C(C(C=C)=CC)OC(=O)N23)c1. The van der Waals surface area contributed by atoms with Gasteiger partial charge in [-0.25, -0.2) is 4.79 Å². The van der Waals surface area contributed by atoms with Gasteiger partial charge >= 0.3 is 12.3 Å². The Morgan fingerprint density at radius 1 is 1.24 bits per heavy atom. The molecule has 3 unspecified atom stereocenters. The minimum absolute atomic E-state index is 0.289. The summed E-state index contributed by atoms with van der Waals surface area (Å²) in [5, 5.41) is 0. The van der Waals surface area contributed by atoms with Crippen LogP contribution in [0, 0.1) is 12.3 Å². The number of terminal acetylenes is 1. The number of fused-ring (bicyclic) bond motifs is 1. The first-order chi connectivity index (χ1) is 16.2. The molecule has 0 spiro atoms. The van der Waals surface area contributed by atoms with Crippen LogP contribution in [0.5, 0.6) is 5.75 Å². The van der Waals surface area contributed by atoms with Crippen LogP contribution in [0.2, 0.25) is 0 Å². The van der Waals surface area contributed by atoms with Gasteiger partial charge in [-0.2, -0.15) is 13.2 Å². The number of alkyl halides is 3. The lowest BCUT2D eigenvalue weighted by Crippen LogP contribution is -2.33. The lowest BCUT2D eigenvalue weighted by molar-refractivity contribution is -0.137. The van der Waals surface area contributed by atoms with Gasteiger partial charge in [0.2, 0.25) is 0 Å². The van der Waals surface area contributed by atoms with Crippen LogP contribution in [-0.4, -0.2) is 30.2 Å². The monoisotopic (exact) mass is 467 g/mol. The fourth-order valence-corrected chi connectivity index (χ4v) is 4.91. The maximum atomic E-state index is 13.7. The van der Waals surface area contributed by atoms with Gasteiger partial charge in [0.05, 0.1) is 24.8 Å². The molecular formula is C27H24F3NO3. The molecule has 3 atom stereocenters. The van der Waals surface area contributed by atoms with Crippen LogP contribution in [0.3, 0.4) is 0 Å². The van der Waals surface area contributed by atoms with E-state index >= 15 is 0 Å². The van der Waals surface area contributed by atoms with Gasteiger partial charge in [-0.05, 0) is 66.8 Å². The highest BCUT2D eigenvalue weighted by Crippen LogP contribution is 2.48. The first kappa shape index (κ1) is 23.5. The van der Waals surface area contributed by atoms with Crippen LogP contribution in [0.25, 0.3) is 11.1 Å². The Morgan fingerprint density at radius 3 is 2.62 bits per heavy atom. The van der Waals surface area contributed by atoms with Crippen molar-refractivity contribution in [3.8, 4) is 29.2 Å². The Balaban J connectivity index is 1.88. The predicted octanol–water partition coefficient (Wildman–Crippen LogP) is 6.52. The molecule has 2 aliphatic heterocycles. The van der Waals surface area contributed by atoms with Crippen LogP contribution in [0.15, 0.2) is 60.7 Å². The first-order valence-electron chi connectivity index (χ1n) is 10.9. The second-order valence-corrected chi connectivity index (χ2v) is 8.22. The minimum Gasteiger partial charge on any atom is -0.496 e. The summed E-state index contributed by atoms with van der Waals surface area (Å²) in [6.07, 6.45) is 4.52. The lowest BCUT2D eigenvalue weighted by Gasteiger charge is -2.26. The van der Waals surface area contributed by atoms with Crippen molar-refractivity contribution in [1.82, 2.24) is 4.90 Å². The molecule has 7 heteroatoms. The fraction of sp³-hybridized carbons (Fsp3) is 0.296. The number of allylic oxidation sites excluding steroid dienone is 1. The number of rotatable bonds is 5. The maximum Gasteiger partial charge on any atom is 0.416 e. The molecule has 4 rings (SSSR count). The molecule has 2 aromatic carbocycles. The van der Waals surface area contributed by atoms with E-state index in [4.69, 9.17) is 15.9 Å². The number of ether oxygens (including phenoxy) is 2. The van der Waals surface area contributed by atoms with E-state index in [9.17, 15) is 18.0 Å². The van der Waals surface area contributed by atoms with E-state index < -0.39 is 30.0 Å². The lowest BCUT2D eigenvalue weighted by atomic mass is 9.90. The van der Waals surface area contributed by atoms with E-state index in [-0.39, 0.29) is 6.04 Å². The van der Waals surface area contributed by atoms with Crippen molar-refractivity contribution in [3.63, 3.8) is 0 Å². The van der Waals surface area contributed by atoms with Crippen LogP contribution < -0.4 is 4.74 Å². The maximum absolute atomic E-state index is 13.7. The summed E-state index contributed by atoms with van der Waals surface area (Å²) >= 11 is 0. The summed E-state index contributed by atoms with van der Waals surface area (Å²) in [7, 11) is 1.49. The number of hydrogen-bond donors (Lipinski definition) is 0. The highest BCUT2D eigenvalue weighted by atomic mass is 19.4. The van der Waals surface area contributed by atoms with Crippen molar-refractivity contribution in [1.29, 1.82) is 0 Å². The number of methoxy groups -OCH3 is 1. The zero-order chi connectivity index (χ0) is 24.6. The average molecular weight is 467 g/mol. The first-order valence-corrected chi connectivity index (χ1v) is 10.9. The zero-order valence-corrected chi connectivity index (χ0v) is 18.9. The van der Waals surface area contributed by atoms with E-state index in [1.54, 1.807) is 29.2 Å². The smallest absolute Gasteiger partial charge is 0.416 e. The minimum atomic E-state index is -4.54. The van der Waals surface area contributed by atoms with Gasteiger partial charge in [-0.15, -0.1) is 6.42 Å². The number of nitrogens with zero attached hydrogens (tertiary/aromatic N) is 1. The van der Waals surface area contributed by atoms with Crippen molar-refractivity contribution < 1.29 is 27.4 Å². The number of carbonyl (C=O) groups is 1. The van der Waals surface area contributed by atoms with E-state index in [0.29, 0.717) is 40.8 Å². The quantitative estimate of drug-likeness (QED) is 0.371. The highest BCUT2D eigenvalue weighted by Gasteiger charge is 2.51. The van der Waals surface area contributed by atoms with Crippen molar-refractivity contribution in [2.24, 2.45) is 0 Å². The molecule has 0 bridgehead atoms. The van der Waals surface area contributed by atoms with Gasteiger partial charge in [0, 0.05) is 11.1 Å². The average Bonchev–Trinajstić information content (AvgIpc) is 3.40. The van der Waals surface area contributed by atoms with Crippen LogP contribution in [0.1, 0.15) is 42.5 Å². The number of carbonyl (C=O) groups excluding carboxylic acids is 1. The number of cyclic esters (lactones) is 1. The number of halogens is 3. The number of amides is 1. The molecule has 0 radical (unpaired) electrons. The Labute approximate surface area is 196 Å². The van der Waals surface area contributed by atoms with Crippen molar-refractivity contribution in [3.05, 3.63) is 77.4 Å². The van der Waals surface area contributed by atoms with Crippen LogP contribution in [0.4, 0.5) is 18.0 Å². The zero-order valence-electron chi connectivity index (χ0n) is 18.9. The molecule has 0 aliphatic carbocycles. The molecule has 2 saturated heterocycles. The van der Waals surface area contributed by atoms with Crippen LogP contribution >= 0.6 is 0 Å². The summed E-state index contributed by atoms with van der Waals surface area (Å²) in [5.41, 5.74) is 2.02. The third-order valence-electron chi connectivity index (χ3n) is 6.51. The number of hydrogen-bond acceptors (Lipinski definition) is 3. The molecule has 1 amide bonds. The Kier molecular flexibility index (Phi) is 6.18. The van der Waals surface area contributed by atoms with Gasteiger partial charge in [0.25, 0.3) is 0 Å². The molecule has 2 aliphatic rings. The number of benzene rings is 2. The Bertz CT molecular complexity index is 1210. The molecule has 4 nitrogen and oxygen atoms in total. The summed E-state index contributed by atoms with van der Waals surface area (Å²) < 4.78 is 52.2. The molecule has 2 fully saturated rings. The Hall–Kier alpha value is -3.66. The fourth-order valence-electron chi connectivity index (χ4n) is 4.91. The molecule has 34 heavy (non-hydrogen) atoms. The van der Waals surface area contributed by atoms with E-state index in [0.717, 1.165) is 17.7 Å². The molecule has 2 heterocycles. The third kappa shape index (κ3) is 3.94. The molecule has 2 aromatic rings. The Morgan fingerprint density at radius 2 is 2.00 bits per heavy atom. The van der Waals surface area contributed by atoms with Gasteiger partial charge in [0.1, 0.15) is 11.9 Å². The second-order valence-electron chi connectivity index (χ2n) is 8.22. The van der Waals surface area contributed by atoms with E-state index in [1.807, 2.05) is 13.0 Å². The van der Waals surface area contributed by atoms with Crippen molar-refractivity contribution in [2.75, 3.05) is 7.11 Å². The van der Waals surface area contributed by atoms with Gasteiger partial charge < -0.3 is 9.47 Å². The topological polar surface area (TPSA) is 38.8 Å². The molecule has 0 aromatic heterocycles. The summed E-state index contributed by atoms with van der Waals surface area (Å²) in [5.74, 6) is 3.02. The van der Waals surface area contributed by atoms with Crippen LogP contribution in [-0.2, 0) is 10.9 Å². The predicted molar refractivity (Wildman–Crippen MR) is 123 cm³/mol. The van der Waals surface area contributed by atoms with Gasteiger partial charge in [-0.1, -0.05) is 30.7 Å². The van der Waals surface area contributed by atoms with Crippen molar-refractivity contribution >= 4 is 6.09 Å². The second kappa shape index (κ2) is 8.94. The van der Waals surface area contributed by atoms with Gasteiger partial charge in [-0.3, -0.25) is 4.90 Å². The largest absolute Gasteiger partial charge is 0.496 e. The standard InChI is InChI=1S/C27H24F3NO3/c1-5-16-8-13-24(33-4)21(14-16)19-10-9-18(27(28,29)30)15-20(19)22-11-12-23-25(17(6-2)7-3)34-26(32)31(22)23/h1,6-10,13-15,22-23,25H,2,11-12H2,3-4H3.